The van der Waals surface area contributed by atoms with Crippen LogP contribution in [0.5, 0.6) is 0 Å². The first-order valence-corrected chi connectivity index (χ1v) is 14.2. The van der Waals surface area contributed by atoms with Crippen LogP contribution in [0.4, 0.5) is 5.69 Å². The Morgan fingerprint density at radius 2 is 1.49 bits per heavy atom. The van der Waals surface area contributed by atoms with E-state index in [1.54, 1.807) is 50.2 Å². The molecule has 0 fully saturated rings. The monoisotopic (exact) mass is 585 g/mol. The standard InChI is InChI=1S/C28H32BrN3O4S/c1-20(2)30-28(34)22(4)31(18-23-14-16-24(29)17-15-23)27(33)19-32(26-13-9-8-10-21(26)3)37(35,36)25-11-6-5-7-12-25/h5-17,20,22H,18-19H2,1-4H3,(H,30,34)/t22-/m1/s1. The number of benzene rings is 3. The van der Waals surface area contributed by atoms with Crippen molar-refractivity contribution in [1.82, 2.24) is 10.2 Å². The van der Waals surface area contributed by atoms with Crippen LogP contribution >= 0.6 is 15.9 Å². The van der Waals surface area contributed by atoms with Crippen molar-refractivity contribution in [3.8, 4) is 0 Å². The largest absolute Gasteiger partial charge is 0.352 e. The Morgan fingerprint density at radius 3 is 2.08 bits per heavy atom. The molecule has 1 N–H and O–H groups in total. The van der Waals surface area contributed by atoms with Gasteiger partial charge >= 0.3 is 0 Å². The van der Waals surface area contributed by atoms with Gasteiger partial charge in [-0.25, -0.2) is 8.42 Å². The molecule has 0 bridgehead atoms. The van der Waals surface area contributed by atoms with Crippen LogP contribution in [0, 0.1) is 6.92 Å². The Labute approximate surface area is 227 Å². The van der Waals surface area contributed by atoms with Gasteiger partial charge in [-0.05, 0) is 69.2 Å². The van der Waals surface area contributed by atoms with Gasteiger partial charge in [0, 0.05) is 17.1 Å². The highest BCUT2D eigenvalue weighted by Gasteiger charge is 2.33. The third kappa shape index (κ3) is 7.20. The predicted octanol–water partition coefficient (Wildman–Crippen LogP) is 4.89. The molecule has 3 aromatic carbocycles. The van der Waals surface area contributed by atoms with Crippen molar-refractivity contribution in [1.29, 1.82) is 0 Å². The second-order valence-corrected chi connectivity index (χ2v) is 11.9. The topological polar surface area (TPSA) is 86.8 Å². The normalized spacial score (nSPS) is 12.2. The van der Waals surface area contributed by atoms with E-state index in [9.17, 15) is 18.0 Å². The first-order valence-electron chi connectivity index (χ1n) is 12.0. The zero-order valence-electron chi connectivity index (χ0n) is 21.4. The molecule has 0 aliphatic rings. The number of nitrogens with one attached hydrogen (secondary N) is 1. The molecule has 0 radical (unpaired) electrons. The summed E-state index contributed by atoms with van der Waals surface area (Å²) in [5.41, 5.74) is 1.93. The van der Waals surface area contributed by atoms with E-state index in [0.717, 1.165) is 14.3 Å². The van der Waals surface area contributed by atoms with Gasteiger partial charge in [-0.3, -0.25) is 13.9 Å². The van der Waals surface area contributed by atoms with E-state index in [1.807, 2.05) is 44.2 Å². The summed E-state index contributed by atoms with van der Waals surface area (Å²) in [4.78, 5) is 28.3. The van der Waals surface area contributed by atoms with Crippen molar-refractivity contribution in [3.05, 3.63) is 94.5 Å². The van der Waals surface area contributed by atoms with Crippen molar-refractivity contribution in [2.45, 2.75) is 51.2 Å². The summed E-state index contributed by atoms with van der Waals surface area (Å²) < 4.78 is 29.5. The fourth-order valence-electron chi connectivity index (χ4n) is 3.85. The number of carbonyl (C=O) groups excluding carboxylic acids is 2. The van der Waals surface area contributed by atoms with Crippen LogP contribution in [0.2, 0.25) is 0 Å². The van der Waals surface area contributed by atoms with Crippen LogP contribution in [0.1, 0.15) is 31.9 Å². The van der Waals surface area contributed by atoms with Gasteiger partial charge in [0.2, 0.25) is 11.8 Å². The molecular formula is C28H32BrN3O4S. The number of nitrogens with zero attached hydrogens (tertiary/aromatic N) is 2. The van der Waals surface area contributed by atoms with E-state index < -0.39 is 28.5 Å². The third-order valence-corrected chi connectivity index (χ3v) is 8.16. The maximum Gasteiger partial charge on any atom is 0.264 e. The third-order valence-electron chi connectivity index (χ3n) is 5.86. The van der Waals surface area contributed by atoms with Crippen molar-refractivity contribution in [2.75, 3.05) is 10.8 Å². The average molecular weight is 587 g/mol. The van der Waals surface area contributed by atoms with Crippen LogP contribution < -0.4 is 9.62 Å². The summed E-state index contributed by atoms with van der Waals surface area (Å²) in [6.45, 7) is 6.82. The minimum absolute atomic E-state index is 0.0797. The van der Waals surface area contributed by atoms with E-state index in [1.165, 1.54) is 17.0 Å². The Kier molecular flexibility index (Phi) is 9.50. The summed E-state index contributed by atoms with van der Waals surface area (Å²) >= 11 is 3.41. The number of aryl methyl sites for hydroxylation is 1. The van der Waals surface area contributed by atoms with Crippen LogP contribution in [0.3, 0.4) is 0 Å². The van der Waals surface area contributed by atoms with E-state index in [2.05, 4.69) is 21.2 Å². The zero-order valence-corrected chi connectivity index (χ0v) is 23.8. The molecule has 0 heterocycles. The number of hydrogen-bond acceptors (Lipinski definition) is 4. The summed E-state index contributed by atoms with van der Waals surface area (Å²) in [5, 5.41) is 2.85. The second-order valence-electron chi connectivity index (χ2n) is 9.10. The minimum atomic E-state index is -4.07. The molecule has 196 valence electrons. The molecule has 2 amide bonds. The lowest BCUT2D eigenvalue weighted by Crippen LogP contribution is -2.52. The van der Waals surface area contributed by atoms with Gasteiger partial charge < -0.3 is 10.2 Å². The number of sulfonamides is 1. The molecule has 0 aliphatic heterocycles. The van der Waals surface area contributed by atoms with Crippen molar-refractivity contribution in [2.24, 2.45) is 0 Å². The van der Waals surface area contributed by atoms with Crippen LogP contribution in [0.25, 0.3) is 0 Å². The number of hydrogen-bond donors (Lipinski definition) is 1. The van der Waals surface area contributed by atoms with Gasteiger partial charge in [-0.2, -0.15) is 0 Å². The summed E-state index contributed by atoms with van der Waals surface area (Å²) in [5.74, 6) is -0.800. The summed E-state index contributed by atoms with van der Waals surface area (Å²) in [6, 6.07) is 21.5. The maximum absolute atomic E-state index is 13.8. The molecule has 3 aromatic rings. The Hall–Kier alpha value is -3.17. The van der Waals surface area contributed by atoms with Gasteiger partial charge in [0.05, 0.1) is 10.6 Å². The lowest BCUT2D eigenvalue weighted by atomic mass is 10.1. The van der Waals surface area contributed by atoms with Gasteiger partial charge in [0.15, 0.2) is 0 Å². The predicted molar refractivity (Wildman–Crippen MR) is 150 cm³/mol. The Bertz CT molecular complexity index is 1330. The van der Waals surface area contributed by atoms with Gasteiger partial charge in [0.1, 0.15) is 12.6 Å². The van der Waals surface area contributed by atoms with Crippen molar-refractivity contribution in [3.63, 3.8) is 0 Å². The Balaban J connectivity index is 2.02. The number of carbonyl (C=O) groups is 2. The van der Waals surface area contributed by atoms with E-state index >= 15 is 0 Å². The van der Waals surface area contributed by atoms with Crippen molar-refractivity contribution < 1.29 is 18.0 Å². The molecular weight excluding hydrogens is 554 g/mol. The number of para-hydroxylation sites is 1. The van der Waals surface area contributed by atoms with Gasteiger partial charge in [-0.15, -0.1) is 0 Å². The maximum atomic E-state index is 13.8. The lowest BCUT2D eigenvalue weighted by molar-refractivity contribution is -0.139. The molecule has 9 heteroatoms. The molecule has 1 atom stereocenters. The molecule has 37 heavy (non-hydrogen) atoms. The zero-order chi connectivity index (χ0) is 27.2. The molecule has 0 spiro atoms. The highest BCUT2D eigenvalue weighted by molar-refractivity contribution is 9.10. The molecule has 3 rings (SSSR count). The second kappa shape index (κ2) is 12.4. The number of anilines is 1. The van der Waals surface area contributed by atoms with E-state index in [-0.39, 0.29) is 23.4 Å². The van der Waals surface area contributed by atoms with Gasteiger partial charge in [0.25, 0.3) is 10.0 Å². The van der Waals surface area contributed by atoms with Crippen molar-refractivity contribution >= 4 is 43.5 Å². The molecule has 0 aromatic heterocycles. The Morgan fingerprint density at radius 1 is 0.892 bits per heavy atom. The molecule has 0 aliphatic carbocycles. The smallest absolute Gasteiger partial charge is 0.264 e. The quantitative estimate of drug-likeness (QED) is 0.367. The minimum Gasteiger partial charge on any atom is -0.352 e. The van der Waals surface area contributed by atoms with E-state index in [0.29, 0.717) is 11.3 Å². The SMILES string of the molecule is Cc1ccccc1N(CC(=O)N(Cc1ccc(Br)cc1)[C@H](C)C(=O)NC(C)C)S(=O)(=O)c1ccccc1. The lowest BCUT2D eigenvalue weighted by Gasteiger charge is -2.32. The first-order chi connectivity index (χ1) is 17.5. The molecule has 7 nitrogen and oxygen atoms in total. The van der Waals surface area contributed by atoms with Crippen LogP contribution in [0.15, 0.2) is 88.2 Å². The highest BCUT2D eigenvalue weighted by atomic mass is 79.9. The van der Waals surface area contributed by atoms with Crippen LogP contribution in [-0.4, -0.2) is 43.8 Å². The fraction of sp³-hybridized carbons (Fsp3) is 0.286. The average Bonchev–Trinajstić information content (AvgIpc) is 2.87. The highest BCUT2D eigenvalue weighted by Crippen LogP contribution is 2.27. The van der Waals surface area contributed by atoms with E-state index in [4.69, 9.17) is 0 Å². The molecule has 0 saturated heterocycles. The molecule has 0 unspecified atom stereocenters. The number of rotatable bonds is 10. The fourth-order valence-corrected chi connectivity index (χ4v) is 5.61. The number of amides is 2. The summed E-state index contributed by atoms with van der Waals surface area (Å²) in [6.07, 6.45) is 0. The summed E-state index contributed by atoms with van der Waals surface area (Å²) in [7, 11) is -4.07. The first kappa shape index (κ1) is 28.4. The van der Waals surface area contributed by atoms with Gasteiger partial charge in [-0.1, -0.05) is 64.5 Å². The number of halogens is 1. The molecule has 0 saturated carbocycles. The van der Waals surface area contributed by atoms with Crippen LogP contribution in [-0.2, 0) is 26.2 Å².